The van der Waals surface area contributed by atoms with E-state index in [1.54, 1.807) is 6.07 Å². The van der Waals surface area contributed by atoms with Crippen LogP contribution in [0.5, 0.6) is 0 Å². The number of carbonyl (C=O) groups is 1. The van der Waals surface area contributed by atoms with Gasteiger partial charge in [-0.2, -0.15) is 23.2 Å². The number of hydrogen-bond donors (Lipinski definition) is 2. The minimum atomic E-state index is -4.80. The van der Waals surface area contributed by atoms with E-state index in [2.05, 4.69) is 10.3 Å². The lowest BCUT2D eigenvalue weighted by atomic mass is 10.3. The molecule has 2 rings (SSSR count). The molecule has 0 radical (unpaired) electrons. The van der Waals surface area contributed by atoms with Gasteiger partial charge in [0.05, 0.1) is 5.02 Å². The van der Waals surface area contributed by atoms with Crippen LogP contribution in [0.25, 0.3) is 0 Å². The van der Waals surface area contributed by atoms with Crippen molar-refractivity contribution in [2.24, 2.45) is 7.05 Å². The summed E-state index contributed by atoms with van der Waals surface area (Å²) in [4.78, 5) is 15.7. The third kappa shape index (κ3) is 4.69. The van der Waals surface area contributed by atoms with Crippen LogP contribution in [-0.2, 0) is 17.1 Å². The number of pyridine rings is 1. The van der Waals surface area contributed by atoms with E-state index in [4.69, 9.17) is 16.9 Å². The summed E-state index contributed by atoms with van der Waals surface area (Å²) in [6.45, 7) is 1.95. The van der Waals surface area contributed by atoms with E-state index in [1.807, 2.05) is 0 Å². The first-order valence-electron chi connectivity index (χ1n) is 7.91. The van der Waals surface area contributed by atoms with E-state index in [0.717, 1.165) is 4.57 Å². The molecular formula is C16H15ClF3N5O3S. The first-order valence-corrected chi connectivity index (χ1v) is 9.77. The molecule has 1 unspecified atom stereocenters. The number of hydrogen-bond acceptors (Lipinski definition) is 5. The molecule has 1 amide bonds. The van der Waals surface area contributed by atoms with Crippen molar-refractivity contribution in [3.63, 3.8) is 0 Å². The average Bonchev–Trinajstić information content (AvgIpc) is 2.83. The number of anilines is 1. The normalized spacial score (nSPS) is 13.0. The van der Waals surface area contributed by atoms with Gasteiger partial charge in [-0.15, -0.1) is 0 Å². The molecule has 0 aliphatic carbocycles. The van der Waals surface area contributed by atoms with Gasteiger partial charge in [0.25, 0.3) is 5.91 Å². The van der Waals surface area contributed by atoms with Gasteiger partial charge >= 0.3 is 6.18 Å². The predicted molar refractivity (Wildman–Crippen MR) is 97.9 cm³/mol. The van der Waals surface area contributed by atoms with Crippen molar-refractivity contribution < 1.29 is 26.4 Å². The molecular weight excluding hydrogens is 435 g/mol. The molecule has 0 aliphatic rings. The lowest BCUT2D eigenvalue weighted by Crippen LogP contribution is -2.43. The van der Waals surface area contributed by atoms with Crippen LogP contribution in [0.3, 0.4) is 0 Å². The zero-order chi connectivity index (χ0) is 22.1. The van der Waals surface area contributed by atoms with Crippen molar-refractivity contribution in [2.75, 3.05) is 5.32 Å². The Morgan fingerprint density at radius 2 is 2.03 bits per heavy atom. The maximum Gasteiger partial charge on any atom is 0.404 e. The number of carbonyl (C=O) groups excluding carboxylic acids is 1. The van der Waals surface area contributed by atoms with E-state index >= 15 is 0 Å². The highest BCUT2D eigenvalue weighted by molar-refractivity contribution is 7.89. The lowest BCUT2D eigenvalue weighted by molar-refractivity contribution is -0.147. The van der Waals surface area contributed by atoms with Gasteiger partial charge in [0, 0.05) is 24.6 Å². The van der Waals surface area contributed by atoms with Crippen LogP contribution in [0.4, 0.5) is 18.9 Å². The Kier molecular flexibility index (Phi) is 6.27. The fraction of sp³-hybridized carbons (Fsp3) is 0.312. The number of sulfonamides is 1. The SMILES string of the molecule is Cc1c(S(=O)(=O)NC(C)C(F)(F)F)c(Cl)c(C(=O)Nc2ccnc(C#N)c2)n1C. The molecule has 8 nitrogen and oxygen atoms in total. The van der Waals surface area contributed by atoms with Gasteiger partial charge in [-0.25, -0.2) is 13.4 Å². The maximum atomic E-state index is 12.8. The van der Waals surface area contributed by atoms with E-state index < -0.39 is 38.1 Å². The molecule has 0 fully saturated rings. The van der Waals surface area contributed by atoms with E-state index in [0.29, 0.717) is 6.92 Å². The number of aromatic nitrogens is 2. The Morgan fingerprint density at radius 1 is 1.41 bits per heavy atom. The zero-order valence-corrected chi connectivity index (χ0v) is 16.9. The van der Waals surface area contributed by atoms with Gasteiger partial charge in [-0.3, -0.25) is 4.79 Å². The topological polar surface area (TPSA) is 117 Å². The first-order chi connectivity index (χ1) is 13.3. The van der Waals surface area contributed by atoms with Crippen molar-refractivity contribution in [3.05, 3.63) is 40.4 Å². The summed E-state index contributed by atoms with van der Waals surface area (Å²) >= 11 is 6.09. The van der Waals surface area contributed by atoms with Crippen LogP contribution in [0.2, 0.25) is 5.02 Å². The first kappa shape index (κ1) is 22.7. The van der Waals surface area contributed by atoms with Gasteiger partial charge in [-0.05, 0) is 26.0 Å². The molecule has 1 atom stereocenters. The number of nitriles is 1. The molecule has 0 spiro atoms. The third-order valence-corrected chi connectivity index (χ3v) is 6.19. The number of rotatable bonds is 5. The molecule has 2 aromatic rings. The third-order valence-electron chi connectivity index (χ3n) is 4.01. The lowest BCUT2D eigenvalue weighted by Gasteiger charge is -2.17. The Hall–Kier alpha value is -2.62. The highest BCUT2D eigenvalue weighted by Crippen LogP contribution is 2.32. The second kappa shape index (κ2) is 8.02. The van der Waals surface area contributed by atoms with Crippen LogP contribution in [-0.4, -0.2) is 36.1 Å². The zero-order valence-electron chi connectivity index (χ0n) is 15.3. The van der Waals surface area contributed by atoms with Crippen LogP contribution in [0, 0.1) is 18.3 Å². The summed E-state index contributed by atoms with van der Waals surface area (Å²) in [6.07, 6.45) is -3.52. The molecule has 0 saturated carbocycles. The van der Waals surface area contributed by atoms with Crippen LogP contribution in [0.1, 0.15) is 28.8 Å². The molecule has 0 saturated heterocycles. The number of amides is 1. The monoisotopic (exact) mass is 449 g/mol. The van der Waals surface area contributed by atoms with Gasteiger partial charge < -0.3 is 9.88 Å². The molecule has 0 bridgehead atoms. The second-order valence-corrected chi connectivity index (χ2v) is 8.05. The highest BCUT2D eigenvalue weighted by atomic mass is 35.5. The molecule has 2 N–H and O–H groups in total. The Balaban J connectivity index is 2.44. The fourth-order valence-electron chi connectivity index (χ4n) is 2.42. The van der Waals surface area contributed by atoms with Crippen LogP contribution in [0.15, 0.2) is 23.2 Å². The van der Waals surface area contributed by atoms with Gasteiger partial charge in [-0.1, -0.05) is 11.6 Å². The smallest absolute Gasteiger partial charge is 0.341 e. The summed E-state index contributed by atoms with van der Waals surface area (Å²) in [7, 11) is -3.34. The molecule has 2 heterocycles. The molecule has 0 aromatic carbocycles. The molecule has 2 aromatic heterocycles. The summed E-state index contributed by atoms with van der Waals surface area (Å²) in [6, 6.07) is 2.11. The minimum Gasteiger partial charge on any atom is -0.341 e. The largest absolute Gasteiger partial charge is 0.404 e. The van der Waals surface area contributed by atoms with E-state index in [1.165, 1.54) is 37.0 Å². The Morgan fingerprint density at radius 3 is 2.59 bits per heavy atom. The van der Waals surface area contributed by atoms with Crippen molar-refractivity contribution >= 4 is 33.2 Å². The quantitative estimate of drug-likeness (QED) is 0.727. The number of nitrogens with one attached hydrogen (secondary N) is 2. The molecule has 13 heteroatoms. The second-order valence-electron chi connectivity index (χ2n) is 6.02. The molecule has 156 valence electrons. The summed E-state index contributed by atoms with van der Waals surface area (Å²) in [5.41, 5.74) is -0.0794. The summed E-state index contributed by atoms with van der Waals surface area (Å²) < 4.78 is 65.9. The minimum absolute atomic E-state index is 0.0329. The van der Waals surface area contributed by atoms with Crippen LogP contribution < -0.4 is 10.0 Å². The highest BCUT2D eigenvalue weighted by Gasteiger charge is 2.40. The van der Waals surface area contributed by atoms with Gasteiger partial charge in [0.2, 0.25) is 10.0 Å². The van der Waals surface area contributed by atoms with Crippen LogP contribution >= 0.6 is 11.6 Å². The van der Waals surface area contributed by atoms with Gasteiger partial charge in [0.1, 0.15) is 28.4 Å². The fourth-order valence-corrected chi connectivity index (χ4v) is 4.65. The number of halogens is 4. The Labute approximate surface area is 169 Å². The van der Waals surface area contributed by atoms with E-state index in [9.17, 15) is 26.4 Å². The average molecular weight is 450 g/mol. The summed E-state index contributed by atoms with van der Waals surface area (Å²) in [5.74, 6) is -0.819. The Bertz CT molecular complexity index is 1110. The van der Waals surface area contributed by atoms with Gasteiger partial charge in [0.15, 0.2) is 0 Å². The molecule has 29 heavy (non-hydrogen) atoms. The maximum absolute atomic E-state index is 12.8. The standard InChI is InChI=1S/C16H15ClF3N5O3S/c1-8-14(29(27,28)24-9(2)16(18,19)20)12(17)13(25(8)3)15(26)23-10-4-5-22-11(6-10)7-21/h4-6,9,24H,1-3H3,(H,22,23,26). The van der Waals surface area contributed by atoms with E-state index in [-0.39, 0.29) is 22.8 Å². The van der Waals surface area contributed by atoms with Crippen molar-refractivity contribution in [1.29, 1.82) is 5.26 Å². The van der Waals surface area contributed by atoms with Crippen molar-refractivity contribution in [3.8, 4) is 6.07 Å². The predicted octanol–water partition coefficient (Wildman–Crippen LogP) is 2.74. The number of alkyl halides is 3. The number of nitrogens with zero attached hydrogens (tertiary/aromatic N) is 3. The van der Waals surface area contributed by atoms with Crippen molar-refractivity contribution in [1.82, 2.24) is 14.3 Å². The summed E-state index contributed by atoms with van der Waals surface area (Å²) in [5, 5.41) is 10.8. The molecule has 0 aliphatic heterocycles. The van der Waals surface area contributed by atoms with Crippen molar-refractivity contribution in [2.45, 2.75) is 31.0 Å².